The maximum absolute atomic E-state index is 12.3. The number of benzene rings is 2. The number of amides is 2. The molecule has 1 heterocycles. The van der Waals surface area contributed by atoms with Gasteiger partial charge in [0, 0.05) is 40.1 Å². The lowest BCUT2D eigenvalue weighted by atomic mass is 10.0. The molecule has 3 N–H and O–H groups in total. The van der Waals surface area contributed by atoms with E-state index in [4.69, 9.17) is 23.2 Å². The van der Waals surface area contributed by atoms with Crippen molar-refractivity contribution in [1.82, 2.24) is 5.32 Å². The highest BCUT2D eigenvalue weighted by molar-refractivity contribution is 6.35. The summed E-state index contributed by atoms with van der Waals surface area (Å²) in [5, 5.41) is 9.67. The fourth-order valence-corrected chi connectivity index (χ4v) is 3.28. The molecule has 7 heteroatoms. The third kappa shape index (κ3) is 5.49. The summed E-state index contributed by atoms with van der Waals surface area (Å²) in [6, 6.07) is 12.4. The Kier molecular flexibility index (Phi) is 6.04. The Morgan fingerprint density at radius 3 is 2.48 bits per heavy atom. The number of hydrogen-bond acceptors (Lipinski definition) is 2. The van der Waals surface area contributed by atoms with Crippen molar-refractivity contribution in [2.45, 2.75) is 26.3 Å². The molecule has 1 aliphatic heterocycles. The summed E-state index contributed by atoms with van der Waals surface area (Å²) in [7, 11) is 0. The lowest BCUT2D eigenvalue weighted by molar-refractivity contribution is 0.262. The van der Waals surface area contributed by atoms with Gasteiger partial charge in [0.1, 0.15) is 5.84 Å². The maximum Gasteiger partial charge on any atom is 0.323 e. The molecule has 0 radical (unpaired) electrons. The molecule has 1 aliphatic rings. The largest absolute Gasteiger partial charge is 0.350 e. The Morgan fingerprint density at radius 2 is 1.78 bits per heavy atom. The van der Waals surface area contributed by atoms with Crippen LogP contribution in [0, 0.1) is 0 Å². The number of carbonyl (C=O) groups excluding carboxylic acids is 1. The van der Waals surface area contributed by atoms with Gasteiger partial charge < -0.3 is 16.0 Å². The van der Waals surface area contributed by atoms with Gasteiger partial charge in [-0.3, -0.25) is 4.99 Å². The molecule has 2 aromatic rings. The Morgan fingerprint density at radius 1 is 1.07 bits per heavy atom. The van der Waals surface area contributed by atoms with Crippen molar-refractivity contribution in [2.75, 3.05) is 10.6 Å². The fourth-order valence-electron chi connectivity index (χ4n) is 2.75. The van der Waals surface area contributed by atoms with Crippen LogP contribution in [0.3, 0.4) is 0 Å². The lowest BCUT2D eigenvalue weighted by Gasteiger charge is -2.10. The summed E-state index contributed by atoms with van der Waals surface area (Å²) in [6.45, 7) is 4.09. The summed E-state index contributed by atoms with van der Waals surface area (Å²) in [5.74, 6) is 0.953. The van der Waals surface area contributed by atoms with E-state index < -0.39 is 0 Å². The molecule has 0 spiro atoms. The lowest BCUT2D eigenvalue weighted by Crippen LogP contribution is -2.19. The smallest absolute Gasteiger partial charge is 0.323 e. The average molecular weight is 403 g/mol. The first-order valence-corrected chi connectivity index (χ1v) is 9.31. The highest BCUT2D eigenvalue weighted by atomic mass is 35.5. The van der Waals surface area contributed by atoms with Crippen molar-refractivity contribution in [3.8, 4) is 0 Å². The number of hydrogen-bond donors (Lipinski definition) is 3. The van der Waals surface area contributed by atoms with Crippen LogP contribution in [-0.4, -0.2) is 17.9 Å². The van der Waals surface area contributed by atoms with E-state index in [1.54, 1.807) is 18.2 Å². The number of halogens is 2. The second-order valence-corrected chi connectivity index (χ2v) is 7.35. The highest BCUT2D eigenvalue weighted by Gasteiger charge is 2.14. The summed E-state index contributed by atoms with van der Waals surface area (Å²) in [6.07, 6.45) is 2.70. The first-order chi connectivity index (χ1) is 12.9. The fraction of sp³-hybridized carbons (Fsp3) is 0.200. The molecule has 0 saturated heterocycles. The monoisotopic (exact) mass is 402 g/mol. The molecule has 0 saturated carbocycles. The number of carbonyl (C=O) groups is 1. The molecular weight excluding hydrogens is 383 g/mol. The molecule has 0 unspecified atom stereocenters. The van der Waals surface area contributed by atoms with Gasteiger partial charge >= 0.3 is 6.03 Å². The molecule has 2 amide bonds. The minimum absolute atomic E-state index is 0.247. The minimum Gasteiger partial charge on any atom is -0.350 e. The first-order valence-electron chi connectivity index (χ1n) is 8.56. The molecule has 2 aromatic carbocycles. The predicted octanol–water partition coefficient (Wildman–Crippen LogP) is 5.78. The van der Waals surface area contributed by atoms with Crippen LogP contribution in [0.1, 0.15) is 25.8 Å². The zero-order chi connectivity index (χ0) is 19.4. The summed E-state index contributed by atoms with van der Waals surface area (Å²) in [5.41, 5.74) is 3.37. The van der Waals surface area contributed by atoms with Gasteiger partial charge in [-0.25, -0.2) is 4.79 Å². The van der Waals surface area contributed by atoms with Gasteiger partial charge in [-0.1, -0.05) is 35.3 Å². The first kappa shape index (κ1) is 19.3. The van der Waals surface area contributed by atoms with Gasteiger partial charge in [0.05, 0.1) is 0 Å². The van der Waals surface area contributed by atoms with E-state index in [0.29, 0.717) is 21.4 Å². The number of amidine groups is 1. The highest BCUT2D eigenvalue weighted by Crippen LogP contribution is 2.25. The second-order valence-electron chi connectivity index (χ2n) is 6.48. The Balaban J connectivity index is 1.66. The van der Waals surface area contributed by atoms with E-state index in [2.05, 4.69) is 20.9 Å². The van der Waals surface area contributed by atoms with E-state index in [9.17, 15) is 4.79 Å². The van der Waals surface area contributed by atoms with Gasteiger partial charge in [-0.05, 0) is 55.3 Å². The average Bonchev–Trinajstić information content (AvgIpc) is 3.01. The molecule has 0 aliphatic carbocycles. The SMILES string of the molecule is CC(C)N=C1CC(c2cccc(NC(=O)Nc3cc(Cl)cc(Cl)c3)c2)=CN1. The molecule has 3 rings (SSSR count). The van der Waals surface area contributed by atoms with E-state index >= 15 is 0 Å². The maximum atomic E-state index is 12.3. The molecule has 27 heavy (non-hydrogen) atoms. The molecule has 0 bridgehead atoms. The van der Waals surface area contributed by atoms with Gasteiger partial charge in [0.15, 0.2) is 0 Å². The van der Waals surface area contributed by atoms with Crippen LogP contribution in [0.25, 0.3) is 5.57 Å². The molecule has 0 fully saturated rings. The normalized spacial score (nSPS) is 14.9. The number of nitrogens with one attached hydrogen (secondary N) is 3. The third-order valence-corrected chi connectivity index (χ3v) is 4.23. The summed E-state index contributed by atoms with van der Waals surface area (Å²) >= 11 is 11.9. The molecule has 140 valence electrons. The Hall–Kier alpha value is -2.50. The summed E-state index contributed by atoms with van der Waals surface area (Å²) < 4.78 is 0. The van der Waals surface area contributed by atoms with Crippen LogP contribution in [0.15, 0.2) is 53.7 Å². The molecule has 0 aromatic heterocycles. The van der Waals surface area contributed by atoms with Gasteiger partial charge in [-0.15, -0.1) is 0 Å². The van der Waals surface area contributed by atoms with E-state index in [1.165, 1.54) is 0 Å². The van der Waals surface area contributed by atoms with E-state index in [0.717, 1.165) is 23.4 Å². The number of anilines is 2. The van der Waals surface area contributed by atoms with Crippen LogP contribution in [-0.2, 0) is 0 Å². The van der Waals surface area contributed by atoms with E-state index in [-0.39, 0.29) is 12.1 Å². The van der Waals surface area contributed by atoms with E-state index in [1.807, 2.05) is 44.3 Å². The van der Waals surface area contributed by atoms with Crippen molar-refractivity contribution in [1.29, 1.82) is 0 Å². The van der Waals surface area contributed by atoms with Crippen molar-refractivity contribution in [3.63, 3.8) is 0 Å². The predicted molar refractivity (Wildman–Crippen MR) is 114 cm³/mol. The topological polar surface area (TPSA) is 65.5 Å². The quantitative estimate of drug-likeness (QED) is 0.606. The van der Waals surface area contributed by atoms with Gasteiger partial charge in [0.2, 0.25) is 0 Å². The molecular formula is C20H20Cl2N4O. The minimum atomic E-state index is -0.369. The van der Waals surface area contributed by atoms with Crippen molar-refractivity contribution in [3.05, 3.63) is 64.3 Å². The number of rotatable bonds is 4. The number of nitrogens with zero attached hydrogens (tertiary/aromatic N) is 1. The van der Waals surface area contributed by atoms with Gasteiger partial charge in [0.25, 0.3) is 0 Å². The third-order valence-electron chi connectivity index (χ3n) is 3.80. The van der Waals surface area contributed by atoms with Crippen LogP contribution >= 0.6 is 23.2 Å². The van der Waals surface area contributed by atoms with Crippen molar-refractivity contribution < 1.29 is 4.79 Å². The zero-order valence-electron chi connectivity index (χ0n) is 15.0. The molecule has 0 atom stereocenters. The van der Waals surface area contributed by atoms with Crippen LogP contribution < -0.4 is 16.0 Å². The Labute approximate surface area is 168 Å². The summed E-state index contributed by atoms with van der Waals surface area (Å²) in [4.78, 5) is 16.8. The zero-order valence-corrected chi connectivity index (χ0v) is 16.5. The van der Waals surface area contributed by atoms with Crippen LogP contribution in [0.2, 0.25) is 10.0 Å². The van der Waals surface area contributed by atoms with Gasteiger partial charge in [-0.2, -0.15) is 0 Å². The van der Waals surface area contributed by atoms with Crippen molar-refractivity contribution >= 4 is 52.0 Å². The van der Waals surface area contributed by atoms with Crippen LogP contribution in [0.4, 0.5) is 16.2 Å². The second kappa shape index (κ2) is 8.46. The molecule has 5 nitrogen and oxygen atoms in total. The number of aliphatic imine (C=N–C) groups is 1. The number of urea groups is 1. The standard InChI is InChI=1S/C20H20Cl2N4O/c1-12(2)24-19-7-14(11-23-19)13-4-3-5-17(6-13)25-20(27)26-18-9-15(21)8-16(22)10-18/h3-6,8-12H,7H2,1-2H3,(H,23,24)(H2,25,26,27). The Bertz CT molecular complexity index is 902. The van der Waals surface area contributed by atoms with Crippen molar-refractivity contribution in [2.24, 2.45) is 4.99 Å². The van der Waals surface area contributed by atoms with Crippen LogP contribution in [0.5, 0.6) is 0 Å².